The van der Waals surface area contributed by atoms with E-state index in [1.807, 2.05) is 13.8 Å². The molecular formula is C16H21F2NO3. The van der Waals surface area contributed by atoms with Crippen molar-refractivity contribution >= 4 is 11.9 Å². The van der Waals surface area contributed by atoms with Crippen molar-refractivity contribution in [3.63, 3.8) is 0 Å². The van der Waals surface area contributed by atoms with Crippen molar-refractivity contribution in [3.8, 4) is 0 Å². The van der Waals surface area contributed by atoms with Crippen LogP contribution in [0.25, 0.3) is 0 Å². The molecule has 1 aromatic rings. The third-order valence-electron chi connectivity index (χ3n) is 3.17. The van der Waals surface area contributed by atoms with Crippen LogP contribution in [0.1, 0.15) is 32.3 Å². The molecule has 0 atom stereocenters. The van der Waals surface area contributed by atoms with E-state index in [2.05, 4.69) is 0 Å². The second kappa shape index (κ2) is 8.46. The maximum atomic E-state index is 13.5. The molecule has 0 saturated carbocycles. The zero-order valence-electron chi connectivity index (χ0n) is 12.8. The Labute approximate surface area is 128 Å². The third kappa shape index (κ3) is 5.79. The fourth-order valence-electron chi connectivity index (χ4n) is 2.13. The number of aliphatic carboxylic acids is 1. The largest absolute Gasteiger partial charge is 0.481 e. The highest BCUT2D eigenvalue weighted by Gasteiger charge is 2.17. The predicted molar refractivity (Wildman–Crippen MR) is 78.3 cm³/mol. The number of carboxylic acid groups (broad SMARTS) is 1. The van der Waals surface area contributed by atoms with Crippen LogP contribution in [0.5, 0.6) is 0 Å². The number of carbonyl (C=O) groups excluding carboxylic acids is 1. The van der Waals surface area contributed by atoms with E-state index in [0.29, 0.717) is 6.54 Å². The summed E-state index contributed by atoms with van der Waals surface area (Å²) >= 11 is 0. The summed E-state index contributed by atoms with van der Waals surface area (Å²) < 4.78 is 26.6. The van der Waals surface area contributed by atoms with Crippen molar-refractivity contribution in [1.82, 2.24) is 4.90 Å². The maximum absolute atomic E-state index is 13.5. The second-order valence-corrected chi connectivity index (χ2v) is 5.59. The van der Waals surface area contributed by atoms with Crippen LogP contribution in [0.4, 0.5) is 8.78 Å². The van der Waals surface area contributed by atoms with E-state index in [4.69, 9.17) is 5.11 Å². The molecule has 0 aliphatic heterocycles. The lowest BCUT2D eigenvalue weighted by Gasteiger charge is -2.24. The summed E-state index contributed by atoms with van der Waals surface area (Å²) in [6, 6.07) is 3.86. The molecule has 0 fully saturated rings. The lowest BCUT2D eigenvalue weighted by Crippen LogP contribution is -2.36. The van der Waals surface area contributed by atoms with Gasteiger partial charge in [0.2, 0.25) is 5.91 Å². The van der Waals surface area contributed by atoms with Crippen molar-refractivity contribution in [2.24, 2.45) is 5.92 Å². The number of carboxylic acids is 1. The Hall–Kier alpha value is -1.98. The van der Waals surface area contributed by atoms with Crippen LogP contribution < -0.4 is 0 Å². The molecule has 1 N–H and O–H groups in total. The minimum Gasteiger partial charge on any atom is -0.481 e. The lowest BCUT2D eigenvalue weighted by atomic mass is 10.1. The van der Waals surface area contributed by atoms with Crippen LogP contribution in [-0.2, 0) is 16.0 Å². The van der Waals surface area contributed by atoms with Crippen LogP contribution in [0.2, 0.25) is 0 Å². The highest BCUT2D eigenvalue weighted by molar-refractivity contribution is 5.77. The van der Waals surface area contributed by atoms with Gasteiger partial charge in [0.05, 0.1) is 6.42 Å². The van der Waals surface area contributed by atoms with Gasteiger partial charge in [-0.05, 0) is 24.0 Å². The van der Waals surface area contributed by atoms with Crippen molar-refractivity contribution in [2.45, 2.75) is 33.1 Å². The second-order valence-electron chi connectivity index (χ2n) is 5.59. The van der Waals surface area contributed by atoms with Gasteiger partial charge in [-0.1, -0.05) is 26.0 Å². The first kappa shape index (κ1) is 18.1. The maximum Gasteiger partial charge on any atom is 0.305 e. The Bertz CT molecular complexity index is 532. The average Bonchev–Trinajstić information content (AvgIpc) is 2.44. The van der Waals surface area contributed by atoms with Gasteiger partial charge in [0.15, 0.2) is 11.6 Å². The van der Waals surface area contributed by atoms with E-state index in [1.165, 1.54) is 17.0 Å². The Morgan fingerprint density at radius 3 is 2.50 bits per heavy atom. The number of rotatable bonds is 8. The predicted octanol–water partition coefficient (Wildman–Crippen LogP) is 2.86. The Morgan fingerprint density at radius 1 is 1.23 bits per heavy atom. The van der Waals surface area contributed by atoms with Gasteiger partial charge in [-0.2, -0.15) is 0 Å². The van der Waals surface area contributed by atoms with Crippen LogP contribution >= 0.6 is 0 Å². The van der Waals surface area contributed by atoms with Crippen LogP contribution in [0.15, 0.2) is 18.2 Å². The highest BCUT2D eigenvalue weighted by atomic mass is 19.2. The molecule has 1 amide bonds. The Morgan fingerprint density at radius 2 is 1.91 bits per heavy atom. The smallest absolute Gasteiger partial charge is 0.305 e. The highest BCUT2D eigenvalue weighted by Crippen LogP contribution is 2.14. The molecule has 0 bridgehead atoms. The average molecular weight is 313 g/mol. The van der Waals surface area contributed by atoms with Gasteiger partial charge >= 0.3 is 5.97 Å². The molecule has 122 valence electrons. The Kier molecular flexibility index (Phi) is 6.95. The zero-order valence-corrected chi connectivity index (χ0v) is 12.8. The molecule has 0 unspecified atom stereocenters. The van der Waals surface area contributed by atoms with Gasteiger partial charge in [-0.3, -0.25) is 9.59 Å². The minimum atomic E-state index is -0.974. The van der Waals surface area contributed by atoms with Gasteiger partial charge < -0.3 is 10.0 Å². The number of nitrogens with zero attached hydrogens (tertiary/aromatic N) is 1. The number of hydrogen-bond acceptors (Lipinski definition) is 2. The molecule has 0 heterocycles. The van der Waals surface area contributed by atoms with Crippen molar-refractivity contribution in [2.75, 3.05) is 13.1 Å². The molecule has 22 heavy (non-hydrogen) atoms. The monoisotopic (exact) mass is 313 g/mol. The number of amides is 1. The molecule has 0 aliphatic carbocycles. The van der Waals surface area contributed by atoms with Crippen molar-refractivity contribution in [1.29, 1.82) is 0 Å². The third-order valence-corrected chi connectivity index (χ3v) is 3.17. The van der Waals surface area contributed by atoms with Crippen LogP contribution in [0, 0.1) is 17.6 Å². The summed E-state index contributed by atoms with van der Waals surface area (Å²) in [5, 5.41) is 8.72. The molecule has 6 heteroatoms. The van der Waals surface area contributed by atoms with E-state index in [-0.39, 0.29) is 43.2 Å². The van der Waals surface area contributed by atoms with E-state index < -0.39 is 17.6 Å². The number of benzene rings is 1. The SMILES string of the molecule is CC(C)CN(CCC(=O)O)C(=O)CCc1cccc(F)c1F. The molecule has 0 aliphatic rings. The van der Waals surface area contributed by atoms with Gasteiger partial charge in [0.25, 0.3) is 0 Å². The summed E-state index contributed by atoms with van der Waals surface area (Å²) in [4.78, 5) is 24.3. The summed E-state index contributed by atoms with van der Waals surface area (Å²) in [6.45, 7) is 4.41. The van der Waals surface area contributed by atoms with Crippen molar-refractivity contribution < 1.29 is 23.5 Å². The minimum absolute atomic E-state index is 0.0205. The molecule has 1 rings (SSSR count). The summed E-state index contributed by atoms with van der Waals surface area (Å²) in [6.07, 6.45) is -0.0242. The molecule has 0 radical (unpaired) electrons. The number of hydrogen-bond donors (Lipinski definition) is 1. The fraction of sp³-hybridized carbons (Fsp3) is 0.500. The summed E-state index contributed by atoms with van der Waals surface area (Å²) in [5.74, 6) is -2.90. The molecule has 0 aromatic heterocycles. The van der Waals surface area contributed by atoms with Gasteiger partial charge in [-0.25, -0.2) is 8.78 Å². The topological polar surface area (TPSA) is 57.6 Å². The standard InChI is InChI=1S/C16H21F2NO3/c1-11(2)10-19(9-8-15(21)22)14(20)7-6-12-4-3-5-13(17)16(12)18/h3-5,11H,6-10H2,1-2H3,(H,21,22). The molecule has 0 spiro atoms. The van der Waals surface area contributed by atoms with E-state index in [0.717, 1.165) is 6.07 Å². The zero-order chi connectivity index (χ0) is 16.7. The molecule has 0 saturated heterocycles. The lowest BCUT2D eigenvalue weighted by molar-refractivity contribution is -0.138. The van der Waals surface area contributed by atoms with Crippen molar-refractivity contribution in [3.05, 3.63) is 35.4 Å². The summed E-state index contributed by atoms with van der Waals surface area (Å²) in [5.41, 5.74) is 0.149. The molecule has 1 aromatic carbocycles. The Balaban J connectivity index is 2.65. The van der Waals surface area contributed by atoms with E-state index in [9.17, 15) is 18.4 Å². The quantitative estimate of drug-likeness (QED) is 0.803. The van der Waals surface area contributed by atoms with E-state index >= 15 is 0 Å². The molecular weight excluding hydrogens is 292 g/mol. The first-order chi connectivity index (χ1) is 10.3. The van der Waals surface area contributed by atoms with E-state index in [1.54, 1.807) is 0 Å². The van der Waals surface area contributed by atoms with Gasteiger partial charge in [0.1, 0.15) is 0 Å². The van der Waals surface area contributed by atoms with Crippen LogP contribution in [-0.4, -0.2) is 35.0 Å². The fourth-order valence-corrected chi connectivity index (χ4v) is 2.13. The number of carbonyl (C=O) groups is 2. The normalized spacial score (nSPS) is 10.8. The van der Waals surface area contributed by atoms with Gasteiger partial charge in [-0.15, -0.1) is 0 Å². The molecule has 4 nitrogen and oxygen atoms in total. The first-order valence-corrected chi connectivity index (χ1v) is 7.23. The number of halogens is 2. The number of aryl methyl sites for hydroxylation is 1. The van der Waals surface area contributed by atoms with Crippen LogP contribution in [0.3, 0.4) is 0 Å². The summed E-state index contributed by atoms with van der Waals surface area (Å²) in [7, 11) is 0. The first-order valence-electron chi connectivity index (χ1n) is 7.23. The van der Waals surface area contributed by atoms with Gasteiger partial charge in [0, 0.05) is 19.5 Å².